The maximum absolute atomic E-state index is 6.00. The van der Waals surface area contributed by atoms with Gasteiger partial charge in [0.05, 0.1) is 11.2 Å². The highest BCUT2D eigenvalue weighted by atomic mass is 15.1. The highest BCUT2D eigenvalue weighted by Gasteiger charge is 2.08. The van der Waals surface area contributed by atoms with Crippen LogP contribution in [0.1, 0.15) is 5.56 Å². The van der Waals surface area contributed by atoms with E-state index >= 15 is 0 Å². The molecule has 0 aliphatic carbocycles. The van der Waals surface area contributed by atoms with Crippen LogP contribution in [0.4, 0.5) is 11.4 Å². The van der Waals surface area contributed by atoms with E-state index in [1.807, 2.05) is 30.5 Å². The van der Waals surface area contributed by atoms with Gasteiger partial charge < -0.3 is 10.6 Å². The van der Waals surface area contributed by atoms with Gasteiger partial charge >= 0.3 is 0 Å². The molecular weight excluding hydrogens is 246 g/mol. The minimum absolute atomic E-state index is 0.720. The van der Waals surface area contributed by atoms with Crippen molar-refractivity contribution in [1.82, 2.24) is 4.98 Å². The molecule has 0 fully saturated rings. The molecule has 0 amide bonds. The maximum Gasteiger partial charge on any atom is 0.0951 e. The first kappa shape index (κ1) is 12.5. The molecule has 0 radical (unpaired) electrons. The molecule has 0 bridgehead atoms. The summed E-state index contributed by atoms with van der Waals surface area (Å²) < 4.78 is 0. The van der Waals surface area contributed by atoms with Crippen molar-refractivity contribution < 1.29 is 0 Å². The van der Waals surface area contributed by atoms with Crippen LogP contribution < -0.4 is 10.6 Å². The molecule has 3 heteroatoms. The fraction of sp³-hybridized carbons (Fsp3) is 0.118. The molecule has 100 valence electrons. The van der Waals surface area contributed by atoms with Gasteiger partial charge in [0, 0.05) is 30.9 Å². The Morgan fingerprint density at radius 3 is 2.60 bits per heavy atom. The largest absolute Gasteiger partial charge is 0.397 e. The van der Waals surface area contributed by atoms with Gasteiger partial charge in [-0.1, -0.05) is 42.5 Å². The van der Waals surface area contributed by atoms with Gasteiger partial charge in [0.2, 0.25) is 0 Å². The second-order valence-electron chi connectivity index (χ2n) is 4.92. The van der Waals surface area contributed by atoms with E-state index in [2.05, 4.69) is 47.3 Å². The highest BCUT2D eigenvalue weighted by Crippen LogP contribution is 2.28. The van der Waals surface area contributed by atoms with E-state index in [4.69, 9.17) is 5.73 Å². The second kappa shape index (κ2) is 5.21. The molecule has 1 aromatic heterocycles. The molecule has 2 N–H and O–H groups in total. The first-order valence-corrected chi connectivity index (χ1v) is 6.64. The van der Waals surface area contributed by atoms with Crippen LogP contribution in [0.15, 0.2) is 60.8 Å². The van der Waals surface area contributed by atoms with Gasteiger partial charge in [-0.3, -0.25) is 4.98 Å². The van der Waals surface area contributed by atoms with Crippen molar-refractivity contribution in [2.24, 2.45) is 0 Å². The predicted octanol–water partition coefficient (Wildman–Crippen LogP) is 3.45. The van der Waals surface area contributed by atoms with E-state index < -0.39 is 0 Å². The number of aromatic nitrogens is 1. The molecule has 0 atom stereocenters. The number of nitrogens with zero attached hydrogens (tertiary/aromatic N) is 2. The van der Waals surface area contributed by atoms with E-state index in [0.717, 1.165) is 28.8 Å². The van der Waals surface area contributed by atoms with Gasteiger partial charge in [-0.25, -0.2) is 0 Å². The average Bonchev–Trinajstić information content (AvgIpc) is 2.48. The normalized spacial score (nSPS) is 10.7. The molecule has 0 aliphatic heterocycles. The van der Waals surface area contributed by atoms with Crippen molar-refractivity contribution in [3.63, 3.8) is 0 Å². The Hall–Kier alpha value is -2.55. The number of nitrogen functional groups attached to an aromatic ring is 1. The Morgan fingerprint density at radius 1 is 1.00 bits per heavy atom. The summed E-state index contributed by atoms with van der Waals surface area (Å²) in [5.41, 5.74) is 10.0. The fourth-order valence-corrected chi connectivity index (χ4v) is 2.46. The number of hydrogen-bond acceptors (Lipinski definition) is 3. The zero-order valence-electron chi connectivity index (χ0n) is 11.5. The van der Waals surface area contributed by atoms with Crippen LogP contribution in [0.25, 0.3) is 10.9 Å². The molecule has 0 unspecified atom stereocenters. The van der Waals surface area contributed by atoms with Crippen molar-refractivity contribution in [1.29, 1.82) is 0 Å². The second-order valence-corrected chi connectivity index (χ2v) is 4.92. The van der Waals surface area contributed by atoms with Crippen LogP contribution in [0, 0.1) is 0 Å². The average molecular weight is 263 g/mol. The third-order valence-electron chi connectivity index (χ3n) is 3.45. The number of nitrogens with two attached hydrogens (primary N) is 1. The number of rotatable bonds is 3. The van der Waals surface area contributed by atoms with Crippen LogP contribution >= 0.6 is 0 Å². The Kier molecular flexibility index (Phi) is 3.25. The van der Waals surface area contributed by atoms with E-state index in [1.165, 1.54) is 5.56 Å². The van der Waals surface area contributed by atoms with Gasteiger partial charge in [0.25, 0.3) is 0 Å². The third-order valence-corrected chi connectivity index (χ3v) is 3.45. The lowest BCUT2D eigenvalue weighted by Crippen LogP contribution is -2.16. The van der Waals surface area contributed by atoms with Gasteiger partial charge in [-0.2, -0.15) is 0 Å². The number of benzene rings is 2. The van der Waals surface area contributed by atoms with Crippen LogP contribution in [0.5, 0.6) is 0 Å². The summed E-state index contributed by atoms with van der Waals surface area (Å²) in [5, 5.41) is 1.09. The van der Waals surface area contributed by atoms with E-state index in [1.54, 1.807) is 0 Å². The lowest BCUT2D eigenvalue weighted by molar-refractivity contribution is 0.927. The van der Waals surface area contributed by atoms with Gasteiger partial charge in [-0.15, -0.1) is 0 Å². The monoisotopic (exact) mass is 263 g/mol. The van der Waals surface area contributed by atoms with Crippen LogP contribution in [-0.4, -0.2) is 12.0 Å². The molecular formula is C17H17N3. The lowest BCUT2D eigenvalue weighted by Gasteiger charge is -2.21. The number of pyridine rings is 1. The van der Waals surface area contributed by atoms with Gasteiger partial charge in [0.15, 0.2) is 0 Å². The molecule has 1 heterocycles. The Labute approximate surface area is 118 Å². The first-order valence-electron chi connectivity index (χ1n) is 6.64. The number of hydrogen-bond donors (Lipinski definition) is 1. The first-order chi connectivity index (χ1) is 9.75. The molecule has 3 aromatic rings. The quantitative estimate of drug-likeness (QED) is 0.736. The minimum atomic E-state index is 0.720. The number of anilines is 2. The number of para-hydroxylation sites is 1. The van der Waals surface area contributed by atoms with Crippen molar-refractivity contribution >= 4 is 22.3 Å². The van der Waals surface area contributed by atoms with Crippen molar-refractivity contribution in [2.45, 2.75) is 6.54 Å². The topological polar surface area (TPSA) is 42.2 Å². The van der Waals surface area contributed by atoms with Crippen molar-refractivity contribution in [3.05, 3.63) is 66.4 Å². The summed E-state index contributed by atoms with van der Waals surface area (Å²) in [6.45, 7) is 0.856. The minimum Gasteiger partial charge on any atom is -0.397 e. The van der Waals surface area contributed by atoms with Crippen molar-refractivity contribution in [3.8, 4) is 0 Å². The fourth-order valence-electron chi connectivity index (χ4n) is 2.46. The SMILES string of the molecule is CN(Cc1ccccc1)c1ccnc2c(N)cccc12. The smallest absolute Gasteiger partial charge is 0.0951 e. The van der Waals surface area contributed by atoms with Gasteiger partial charge in [-0.05, 0) is 17.7 Å². The summed E-state index contributed by atoms with van der Waals surface area (Å²) in [6.07, 6.45) is 1.82. The summed E-state index contributed by atoms with van der Waals surface area (Å²) >= 11 is 0. The molecule has 2 aromatic carbocycles. The number of fused-ring (bicyclic) bond motifs is 1. The molecule has 0 spiro atoms. The Morgan fingerprint density at radius 2 is 1.80 bits per heavy atom. The molecule has 0 aliphatic rings. The van der Waals surface area contributed by atoms with Crippen LogP contribution in [0.3, 0.4) is 0 Å². The Bertz CT molecular complexity index is 723. The predicted molar refractivity (Wildman–Crippen MR) is 84.7 cm³/mol. The third kappa shape index (κ3) is 2.30. The van der Waals surface area contributed by atoms with E-state index in [9.17, 15) is 0 Å². The molecule has 20 heavy (non-hydrogen) atoms. The lowest BCUT2D eigenvalue weighted by atomic mass is 10.1. The highest BCUT2D eigenvalue weighted by molar-refractivity contribution is 5.97. The zero-order valence-corrected chi connectivity index (χ0v) is 11.5. The Balaban J connectivity index is 2.00. The molecule has 0 saturated carbocycles. The van der Waals surface area contributed by atoms with E-state index in [0.29, 0.717) is 0 Å². The van der Waals surface area contributed by atoms with E-state index in [-0.39, 0.29) is 0 Å². The van der Waals surface area contributed by atoms with Crippen LogP contribution in [-0.2, 0) is 6.54 Å². The van der Waals surface area contributed by atoms with Gasteiger partial charge in [0.1, 0.15) is 0 Å². The summed E-state index contributed by atoms with van der Waals surface area (Å²) in [4.78, 5) is 6.60. The standard InChI is InChI=1S/C17H17N3/c1-20(12-13-6-3-2-4-7-13)16-10-11-19-17-14(16)8-5-9-15(17)18/h2-11H,12,18H2,1H3. The zero-order chi connectivity index (χ0) is 13.9. The summed E-state index contributed by atoms with van der Waals surface area (Å²) in [7, 11) is 2.09. The summed E-state index contributed by atoms with van der Waals surface area (Å²) in [5.74, 6) is 0. The molecule has 3 nitrogen and oxygen atoms in total. The summed E-state index contributed by atoms with van der Waals surface area (Å²) in [6, 6.07) is 18.4. The molecule has 3 rings (SSSR count). The molecule has 0 saturated heterocycles. The van der Waals surface area contributed by atoms with Crippen molar-refractivity contribution in [2.75, 3.05) is 17.7 Å². The van der Waals surface area contributed by atoms with Crippen LogP contribution in [0.2, 0.25) is 0 Å². The maximum atomic E-state index is 6.00.